The van der Waals surface area contributed by atoms with Gasteiger partial charge in [0.15, 0.2) is 6.29 Å². The highest BCUT2D eigenvalue weighted by Gasteiger charge is 2.14. The van der Waals surface area contributed by atoms with E-state index in [1.807, 2.05) is 0 Å². The van der Waals surface area contributed by atoms with E-state index >= 15 is 0 Å². The molecule has 0 aromatic carbocycles. The Labute approximate surface area is 107 Å². The number of aromatic nitrogens is 2. The zero-order valence-corrected chi connectivity index (χ0v) is 9.99. The van der Waals surface area contributed by atoms with Gasteiger partial charge in [-0.1, -0.05) is 0 Å². The number of pyridine rings is 1. The maximum atomic E-state index is 11.1. The SMILES string of the molecule is CC(=O)OCc1nc2ccc(C(=O)O)cn2c1C=O. The lowest BCUT2D eigenvalue weighted by atomic mass is 10.3. The van der Waals surface area contributed by atoms with Crippen LogP contribution in [0.5, 0.6) is 0 Å². The van der Waals surface area contributed by atoms with E-state index in [-0.39, 0.29) is 23.6 Å². The second kappa shape index (κ2) is 4.89. The molecule has 0 bridgehead atoms. The van der Waals surface area contributed by atoms with Gasteiger partial charge in [0.05, 0.1) is 5.56 Å². The van der Waals surface area contributed by atoms with E-state index in [2.05, 4.69) is 4.98 Å². The molecule has 0 saturated carbocycles. The van der Waals surface area contributed by atoms with Gasteiger partial charge in [-0.15, -0.1) is 0 Å². The molecular formula is C12H10N2O5. The number of nitrogens with zero attached hydrogens (tertiary/aromatic N) is 2. The summed E-state index contributed by atoms with van der Waals surface area (Å²) in [5, 5.41) is 8.90. The molecule has 0 saturated heterocycles. The number of carboxylic acid groups (broad SMARTS) is 1. The highest BCUT2D eigenvalue weighted by molar-refractivity contribution is 5.88. The third-order valence-corrected chi connectivity index (χ3v) is 2.50. The molecule has 98 valence electrons. The van der Waals surface area contributed by atoms with Crippen LogP contribution in [0, 0.1) is 0 Å². The molecule has 0 amide bonds. The summed E-state index contributed by atoms with van der Waals surface area (Å²) in [6.07, 6.45) is 1.84. The standard InChI is InChI=1S/C12H10N2O5/c1-7(16)19-6-9-10(5-15)14-4-8(12(17)18)2-3-11(14)13-9/h2-5H,6H2,1H3,(H,17,18). The summed E-state index contributed by atoms with van der Waals surface area (Å²) < 4.78 is 6.14. The van der Waals surface area contributed by atoms with Crippen molar-refractivity contribution in [2.24, 2.45) is 0 Å². The summed E-state index contributed by atoms with van der Waals surface area (Å²) in [5.41, 5.74) is 0.897. The van der Waals surface area contributed by atoms with E-state index in [4.69, 9.17) is 9.84 Å². The Kier molecular flexibility index (Phi) is 3.28. The Hall–Kier alpha value is -2.70. The van der Waals surface area contributed by atoms with Crippen LogP contribution < -0.4 is 0 Å². The highest BCUT2D eigenvalue weighted by atomic mass is 16.5. The second-order valence-electron chi connectivity index (χ2n) is 3.79. The van der Waals surface area contributed by atoms with Crippen LogP contribution in [-0.4, -0.2) is 32.7 Å². The minimum absolute atomic E-state index is 0.0343. The summed E-state index contributed by atoms with van der Waals surface area (Å²) in [5.74, 6) is -1.59. The number of carbonyl (C=O) groups excluding carboxylic acids is 2. The fraction of sp³-hybridized carbons (Fsp3) is 0.167. The number of aromatic carboxylic acids is 1. The smallest absolute Gasteiger partial charge is 0.337 e. The number of carboxylic acids is 1. The minimum atomic E-state index is -1.10. The first-order chi connectivity index (χ1) is 9.02. The van der Waals surface area contributed by atoms with E-state index in [0.717, 1.165) is 0 Å². The molecule has 0 atom stereocenters. The lowest BCUT2D eigenvalue weighted by Gasteiger charge is -2.00. The highest BCUT2D eigenvalue weighted by Crippen LogP contribution is 2.14. The summed E-state index contributed by atoms with van der Waals surface area (Å²) >= 11 is 0. The lowest BCUT2D eigenvalue weighted by molar-refractivity contribution is -0.142. The maximum Gasteiger partial charge on any atom is 0.337 e. The van der Waals surface area contributed by atoms with Crippen molar-refractivity contribution >= 4 is 23.9 Å². The Morgan fingerprint density at radius 1 is 1.47 bits per heavy atom. The van der Waals surface area contributed by atoms with Gasteiger partial charge < -0.3 is 9.84 Å². The fourth-order valence-corrected chi connectivity index (χ4v) is 1.64. The maximum absolute atomic E-state index is 11.1. The van der Waals surface area contributed by atoms with Crippen LogP contribution in [0.25, 0.3) is 5.65 Å². The number of aldehydes is 1. The predicted molar refractivity (Wildman–Crippen MR) is 63.0 cm³/mol. The molecule has 7 heteroatoms. The molecule has 19 heavy (non-hydrogen) atoms. The second-order valence-corrected chi connectivity index (χ2v) is 3.79. The number of imidazole rings is 1. The molecule has 7 nitrogen and oxygen atoms in total. The van der Waals surface area contributed by atoms with Crippen LogP contribution in [0.2, 0.25) is 0 Å². The number of fused-ring (bicyclic) bond motifs is 1. The Morgan fingerprint density at radius 3 is 2.79 bits per heavy atom. The van der Waals surface area contributed by atoms with Crippen LogP contribution in [0.4, 0.5) is 0 Å². The first-order valence-corrected chi connectivity index (χ1v) is 5.35. The fourth-order valence-electron chi connectivity index (χ4n) is 1.64. The van der Waals surface area contributed by atoms with Gasteiger partial charge in [-0.25, -0.2) is 9.78 Å². The molecule has 2 aromatic rings. The summed E-state index contributed by atoms with van der Waals surface area (Å²) in [6, 6.07) is 2.86. The predicted octanol–water partition coefficient (Wildman–Crippen LogP) is 0.908. The van der Waals surface area contributed by atoms with Crippen LogP contribution in [0.1, 0.15) is 33.5 Å². The normalized spacial score (nSPS) is 10.4. The van der Waals surface area contributed by atoms with Gasteiger partial charge in [0.2, 0.25) is 0 Å². The number of hydrogen-bond acceptors (Lipinski definition) is 5. The molecule has 0 radical (unpaired) electrons. The van der Waals surface area contributed by atoms with Crippen molar-refractivity contribution in [2.75, 3.05) is 0 Å². The quantitative estimate of drug-likeness (QED) is 0.649. The zero-order valence-electron chi connectivity index (χ0n) is 9.99. The molecule has 0 aliphatic carbocycles. The van der Waals surface area contributed by atoms with Crippen molar-refractivity contribution in [1.29, 1.82) is 0 Å². The van der Waals surface area contributed by atoms with Crippen molar-refractivity contribution in [3.8, 4) is 0 Å². The molecule has 0 spiro atoms. The van der Waals surface area contributed by atoms with E-state index in [0.29, 0.717) is 11.9 Å². The number of carbonyl (C=O) groups is 3. The van der Waals surface area contributed by atoms with E-state index in [1.54, 1.807) is 0 Å². The Bertz CT molecular complexity index is 674. The van der Waals surface area contributed by atoms with Crippen LogP contribution in [-0.2, 0) is 16.1 Å². The van der Waals surface area contributed by atoms with Crippen LogP contribution in [0.3, 0.4) is 0 Å². The lowest BCUT2D eigenvalue weighted by Crippen LogP contribution is -2.03. The third kappa shape index (κ3) is 2.44. The molecule has 0 aliphatic heterocycles. The average molecular weight is 262 g/mol. The first-order valence-electron chi connectivity index (χ1n) is 5.35. The van der Waals surface area contributed by atoms with Crippen molar-refractivity contribution in [3.05, 3.63) is 35.3 Å². The van der Waals surface area contributed by atoms with Crippen LogP contribution in [0.15, 0.2) is 18.3 Å². The zero-order chi connectivity index (χ0) is 14.0. The van der Waals surface area contributed by atoms with Crippen molar-refractivity contribution < 1.29 is 24.2 Å². The van der Waals surface area contributed by atoms with Crippen molar-refractivity contribution in [1.82, 2.24) is 9.38 Å². The van der Waals surface area contributed by atoms with Gasteiger partial charge >= 0.3 is 11.9 Å². The third-order valence-electron chi connectivity index (χ3n) is 2.50. The van der Waals surface area contributed by atoms with Gasteiger partial charge in [0.25, 0.3) is 0 Å². The molecular weight excluding hydrogens is 252 g/mol. The van der Waals surface area contributed by atoms with Gasteiger partial charge in [0.1, 0.15) is 23.6 Å². The van der Waals surface area contributed by atoms with E-state index in [9.17, 15) is 14.4 Å². The van der Waals surface area contributed by atoms with E-state index in [1.165, 1.54) is 29.7 Å². The summed E-state index contributed by atoms with van der Waals surface area (Å²) in [7, 11) is 0. The molecule has 1 N–H and O–H groups in total. The Morgan fingerprint density at radius 2 is 2.21 bits per heavy atom. The minimum Gasteiger partial charge on any atom is -0.478 e. The van der Waals surface area contributed by atoms with Gasteiger partial charge in [-0.05, 0) is 12.1 Å². The molecule has 2 heterocycles. The van der Waals surface area contributed by atoms with Crippen molar-refractivity contribution in [3.63, 3.8) is 0 Å². The number of hydrogen-bond donors (Lipinski definition) is 1. The molecule has 0 unspecified atom stereocenters. The first kappa shape index (κ1) is 12.7. The molecule has 0 fully saturated rings. The topological polar surface area (TPSA) is 98.0 Å². The number of rotatable bonds is 4. The summed E-state index contributed by atoms with van der Waals surface area (Å²) in [4.78, 5) is 36.8. The van der Waals surface area contributed by atoms with Crippen molar-refractivity contribution in [2.45, 2.75) is 13.5 Å². The average Bonchev–Trinajstić information content (AvgIpc) is 2.72. The van der Waals surface area contributed by atoms with Crippen LogP contribution >= 0.6 is 0 Å². The van der Waals surface area contributed by atoms with Gasteiger partial charge in [-0.3, -0.25) is 14.0 Å². The number of esters is 1. The number of ether oxygens (including phenoxy) is 1. The molecule has 2 aromatic heterocycles. The van der Waals surface area contributed by atoms with Gasteiger partial charge in [0, 0.05) is 13.1 Å². The molecule has 2 rings (SSSR count). The van der Waals surface area contributed by atoms with E-state index < -0.39 is 11.9 Å². The molecule has 0 aliphatic rings. The monoisotopic (exact) mass is 262 g/mol. The summed E-state index contributed by atoms with van der Waals surface area (Å²) in [6.45, 7) is 1.12. The Balaban J connectivity index is 2.51. The van der Waals surface area contributed by atoms with Gasteiger partial charge in [-0.2, -0.15) is 0 Å². The largest absolute Gasteiger partial charge is 0.478 e.